The predicted octanol–water partition coefficient (Wildman–Crippen LogP) is 4.68. The van der Waals surface area contributed by atoms with Gasteiger partial charge in [0.1, 0.15) is 11.8 Å². The third kappa shape index (κ3) is 4.73. The molecule has 3 heteroatoms. The number of nitrogens with zero attached hydrogens (tertiary/aromatic N) is 1. The molecule has 0 amide bonds. The third-order valence-corrected chi connectivity index (χ3v) is 4.04. The van der Waals surface area contributed by atoms with E-state index in [1.165, 1.54) is 5.06 Å². The minimum Gasteiger partial charge on any atom is -0.497 e. The number of hydrogen-bond acceptors (Lipinski definition) is 3. The Bertz CT molecular complexity index is 865. The minimum absolute atomic E-state index is 0.390. The first-order valence-electron chi connectivity index (χ1n) is 8.46. The van der Waals surface area contributed by atoms with Crippen molar-refractivity contribution < 1.29 is 9.94 Å². The summed E-state index contributed by atoms with van der Waals surface area (Å²) in [5.41, 5.74) is 2.85. The molecule has 0 bridgehead atoms. The van der Waals surface area contributed by atoms with Gasteiger partial charge in [-0.05, 0) is 35.4 Å². The van der Waals surface area contributed by atoms with Gasteiger partial charge in [-0.2, -0.15) is 5.06 Å². The SMILES string of the molecule is COc1ccc([C@H](C#Cc2ccccc2)N(O)Cc2ccccc2)cc1. The molecule has 0 aliphatic heterocycles. The smallest absolute Gasteiger partial charge is 0.121 e. The fourth-order valence-electron chi connectivity index (χ4n) is 2.65. The van der Waals surface area contributed by atoms with Gasteiger partial charge in [0.05, 0.1) is 13.7 Å². The van der Waals surface area contributed by atoms with Crippen LogP contribution in [-0.4, -0.2) is 17.4 Å². The zero-order valence-electron chi connectivity index (χ0n) is 14.7. The summed E-state index contributed by atoms with van der Waals surface area (Å²) in [4.78, 5) is 0. The van der Waals surface area contributed by atoms with Crippen LogP contribution in [0, 0.1) is 11.8 Å². The average molecular weight is 343 g/mol. The lowest BCUT2D eigenvalue weighted by molar-refractivity contribution is -0.121. The molecule has 0 saturated heterocycles. The summed E-state index contributed by atoms with van der Waals surface area (Å²) in [6.07, 6.45) is 0. The van der Waals surface area contributed by atoms with E-state index in [9.17, 15) is 5.21 Å². The van der Waals surface area contributed by atoms with Gasteiger partial charge in [-0.1, -0.05) is 72.5 Å². The highest BCUT2D eigenvalue weighted by atomic mass is 16.5. The molecular formula is C23H21NO2. The van der Waals surface area contributed by atoms with Crippen LogP contribution >= 0.6 is 0 Å². The molecule has 0 unspecified atom stereocenters. The third-order valence-electron chi connectivity index (χ3n) is 4.04. The van der Waals surface area contributed by atoms with Crippen LogP contribution in [-0.2, 0) is 6.54 Å². The fraction of sp³-hybridized carbons (Fsp3) is 0.130. The molecule has 3 rings (SSSR count). The fourth-order valence-corrected chi connectivity index (χ4v) is 2.65. The van der Waals surface area contributed by atoms with E-state index < -0.39 is 6.04 Å². The monoisotopic (exact) mass is 343 g/mol. The second-order valence-corrected chi connectivity index (χ2v) is 5.89. The van der Waals surface area contributed by atoms with Crippen LogP contribution in [0.25, 0.3) is 0 Å². The largest absolute Gasteiger partial charge is 0.497 e. The van der Waals surface area contributed by atoms with Crippen molar-refractivity contribution in [3.05, 3.63) is 102 Å². The summed E-state index contributed by atoms with van der Waals surface area (Å²) >= 11 is 0. The lowest BCUT2D eigenvalue weighted by atomic mass is 10.1. The molecule has 1 atom stereocenters. The van der Waals surface area contributed by atoms with Crippen LogP contribution in [0.3, 0.4) is 0 Å². The van der Waals surface area contributed by atoms with E-state index >= 15 is 0 Å². The average Bonchev–Trinajstić information content (AvgIpc) is 2.70. The summed E-state index contributed by atoms with van der Waals surface area (Å²) in [6.45, 7) is 0.390. The summed E-state index contributed by atoms with van der Waals surface area (Å²) in [5.74, 6) is 7.12. The molecular weight excluding hydrogens is 322 g/mol. The summed E-state index contributed by atoms with van der Waals surface area (Å²) in [6, 6.07) is 26.8. The van der Waals surface area contributed by atoms with Gasteiger partial charge in [0, 0.05) is 5.56 Å². The Morgan fingerprint density at radius 2 is 1.50 bits per heavy atom. The maximum Gasteiger partial charge on any atom is 0.121 e. The van der Waals surface area contributed by atoms with E-state index in [0.29, 0.717) is 6.54 Å². The zero-order valence-corrected chi connectivity index (χ0v) is 14.7. The van der Waals surface area contributed by atoms with E-state index in [-0.39, 0.29) is 0 Å². The Balaban J connectivity index is 1.88. The highest BCUT2D eigenvalue weighted by Gasteiger charge is 2.17. The van der Waals surface area contributed by atoms with Gasteiger partial charge in [-0.3, -0.25) is 0 Å². The Morgan fingerprint density at radius 1 is 0.885 bits per heavy atom. The molecule has 130 valence electrons. The summed E-state index contributed by atoms with van der Waals surface area (Å²) in [7, 11) is 1.63. The normalized spacial score (nSPS) is 11.5. The molecule has 26 heavy (non-hydrogen) atoms. The van der Waals surface area contributed by atoms with Gasteiger partial charge in [-0.15, -0.1) is 0 Å². The first-order valence-corrected chi connectivity index (χ1v) is 8.46. The van der Waals surface area contributed by atoms with Crippen molar-refractivity contribution in [2.45, 2.75) is 12.6 Å². The summed E-state index contributed by atoms with van der Waals surface area (Å²) in [5, 5.41) is 12.0. The van der Waals surface area contributed by atoms with Crippen LogP contribution in [0.4, 0.5) is 0 Å². The van der Waals surface area contributed by atoms with Crippen LogP contribution in [0.2, 0.25) is 0 Å². The van der Waals surface area contributed by atoms with Crippen molar-refractivity contribution in [3.8, 4) is 17.6 Å². The summed E-state index contributed by atoms with van der Waals surface area (Å²) < 4.78 is 5.22. The second kappa shape index (κ2) is 8.87. The number of methoxy groups -OCH3 is 1. The maximum atomic E-state index is 10.7. The Kier molecular flexibility index (Phi) is 6.05. The quantitative estimate of drug-likeness (QED) is 0.539. The highest BCUT2D eigenvalue weighted by Crippen LogP contribution is 2.23. The highest BCUT2D eigenvalue weighted by molar-refractivity contribution is 5.39. The van der Waals surface area contributed by atoms with Crippen LogP contribution < -0.4 is 4.74 Å². The molecule has 3 aromatic rings. The van der Waals surface area contributed by atoms with Crippen molar-refractivity contribution in [2.75, 3.05) is 7.11 Å². The molecule has 0 radical (unpaired) electrons. The van der Waals surface area contributed by atoms with Crippen LogP contribution in [0.15, 0.2) is 84.9 Å². The van der Waals surface area contributed by atoms with E-state index in [1.807, 2.05) is 84.9 Å². The van der Waals surface area contributed by atoms with Crippen molar-refractivity contribution in [2.24, 2.45) is 0 Å². The molecule has 0 aliphatic carbocycles. The van der Waals surface area contributed by atoms with Crippen LogP contribution in [0.1, 0.15) is 22.7 Å². The topological polar surface area (TPSA) is 32.7 Å². The standard InChI is InChI=1S/C23H21NO2/c1-26-22-15-13-21(14-16-22)23(17-12-19-8-4-2-5-9-19)24(25)18-20-10-6-3-7-11-20/h2-11,13-16,23,25H,18H2,1H3/t23-/m0/s1. The maximum absolute atomic E-state index is 10.7. The van der Waals surface area contributed by atoms with Gasteiger partial charge in [0.15, 0.2) is 0 Å². The molecule has 0 spiro atoms. The molecule has 0 heterocycles. The zero-order chi connectivity index (χ0) is 18.2. The molecule has 0 aromatic heterocycles. The van der Waals surface area contributed by atoms with Crippen molar-refractivity contribution >= 4 is 0 Å². The lowest BCUT2D eigenvalue weighted by Gasteiger charge is -2.22. The number of hydroxylamine groups is 2. The van der Waals surface area contributed by atoms with Crippen molar-refractivity contribution in [1.82, 2.24) is 5.06 Å². The molecule has 0 saturated carbocycles. The number of benzene rings is 3. The van der Waals surface area contributed by atoms with Gasteiger partial charge >= 0.3 is 0 Å². The lowest BCUT2D eigenvalue weighted by Crippen LogP contribution is -2.24. The predicted molar refractivity (Wildman–Crippen MR) is 103 cm³/mol. The Labute approximate surface area is 154 Å². The van der Waals surface area contributed by atoms with Crippen molar-refractivity contribution in [3.63, 3.8) is 0 Å². The van der Waals surface area contributed by atoms with E-state index in [0.717, 1.165) is 22.4 Å². The van der Waals surface area contributed by atoms with Gasteiger partial charge in [-0.25, -0.2) is 0 Å². The molecule has 1 N–H and O–H groups in total. The van der Waals surface area contributed by atoms with E-state index in [2.05, 4.69) is 11.8 Å². The number of rotatable bonds is 5. The number of ether oxygens (including phenoxy) is 1. The molecule has 3 nitrogen and oxygen atoms in total. The van der Waals surface area contributed by atoms with E-state index in [4.69, 9.17) is 4.74 Å². The number of hydrogen-bond donors (Lipinski definition) is 1. The Morgan fingerprint density at radius 3 is 2.12 bits per heavy atom. The first kappa shape index (κ1) is 17.8. The van der Waals surface area contributed by atoms with E-state index in [1.54, 1.807) is 7.11 Å². The molecule has 0 fully saturated rings. The molecule has 0 aliphatic rings. The Hall–Kier alpha value is -3.06. The first-order chi connectivity index (χ1) is 12.8. The van der Waals surface area contributed by atoms with Gasteiger partial charge < -0.3 is 9.94 Å². The van der Waals surface area contributed by atoms with Gasteiger partial charge in [0.25, 0.3) is 0 Å². The van der Waals surface area contributed by atoms with Crippen LogP contribution in [0.5, 0.6) is 5.75 Å². The van der Waals surface area contributed by atoms with Gasteiger partial charge in [0.2, 0.25) is 0 Å². The second-order valence-electron chi connectivity index (χ2n) is 5.89. The van der Waals surface area contributed by atoms with Crippen molar-refractivity contribution in [1.29, 1.82) is 0 Å². The minimum atomic E-state index is -0.443. The molecule has 3 aromatic carbocycles.